The van der Waals surface area contributed by atoms with Crippen LogP contribution < -0.4 is 5.73 Å². The average molecular weight is 663 g/mol. The summed E-state index contributed by atoms with van der Waals surface area (Å²) >= 11 is 7.23. The zero-order valence-corrected chi connectivity index (χ0v) is 25.6. The summed E-state index contributed by atoms with van der Waals surface area (Å²) in [4.78, 5) is 0. The van der Waals surface area contributed by atoms with Crippen molar-refractivity contribution in [2.24, 2.45) is 0 Å². The number of benzene rings is 6. The first kappa shape index (κ1) is 32.0. The molecule has 8 aromatic rings. The van der Waals surface area contributed by atoms with Gasteiger partial charge >= 0.3 is 0 Å². The maximum Gasteiger partial charge on any atom is 0.0366 e. The van der Waals surface area contributed by atoms with Gasteiger partial charge in [0.05, 0.1) is 0 Å². The van der Waals surface area contributed by atoms with Crippen molar-refractivity contribution in [2.45, 2.75) is 21.3 Å². The molecule has 0 fully saturated rings. The molecule has 0 amide bonds. The van der Waals surface area contributed by atoms with Gasteiger partial charge in [0.25, 0.3) is 0 Å². The summed E-state index contributed by atoms with van der Waals surface area (Å²) in [5, 5.41) is 5.47. The molecule has 2 aromatic heterocycles. The van der Waals surface area contributed by atoms with Crippen molar-refractivity contribution >= 4 is 84.6 Å². The van der Waals surface area contributed by atoms with Gasteiger partial charge in [0.2, 0.25) is 0 Å². The average Bonchev–Trinajstić information content (AvgIpc) is 3.56. The molecule has 43 heavy (non-hydrogen) atoms. The molecule has 0 aliphatic carbocycles. The Kier molecular flexibility index (Phi) is 11.1. The van der Waals surface area contributed by atoms with E-state index in [-0.39, 0.29) is 14.9 Å². The Morgan fingerprint density at radius 2 is 0.907 bits per heavy atom. The Morgan fingerprint density at radius 3 is 1.47 bits per heavy atom. The highest BCUT2D eigenvalue weighted by molar-refractivity contribution is 9.10. The highest BCUT2D eigenvalue weighted by atomic mass is 79.9. The predicted molar refractivity (Wildman–Crippen MR) is 200 cm³/mol. The summed E-state index contributed by atoms with van der Waals surface area (Å²) < 4.78 is 6.62. The summed E-state index contributed by atoms with van der Waals surface area (Å²) in [6.07, 6.45) is 1.00. The van der Waals surface area contributed by atoms with Crippen LogP contribution in [-0.2, 0) is 6.42 Å². The number of nitrogens with two attached hydrogens (primary N) is 1. The van der Waals surface area contributed by atoms with Crippen LogP contribution in [0, 0.1) is 0 Å². The highest BCUT2D eigenvalue weighted by Gasteiger charge is 2.06. The normalized spacial score (nSPS) is 10.3. The van der Waals surface area contributed by atoms with Crippen LogP contribution in [0.1, 0.15) is 26.0 Å². The van der Waals surface area contributed by atoms with Gasteiger partial charge < -0.3 is 5.73 Å². The molecule has 1 nitrogen and oxygen atoms in total. The van der Waals surface area contributed by atoms with Crippen LogP contribution in [0.2, 0.25) is 0 Å². The van der Waals surface area contributed by atoms with E-state index in [0.29, 0.717) is 0 Å². The van der Waals surface area contributed by atoms with Crippen LogP contribution >= 0.6 is 38.6 Å². The SMILES string of the molecule is Brc1ccc2c(c1)sc1ccccc12.C.C.Nc1ccccc1.c1ccc(Cc2ccc3c(c2)sc2ccccc23)cc1. The molecule has 0 unspecified atom stereocenters. The van der Waals surface area contributed by atoms with Gasteiger partial charge in [0.1, 0.15) is 0 Å². The van der Waals surface area contributed by atoms with Crippen LogP contribution in [0.3, 0.4) is 0 Å². The van der Waals surface area contributed by atoms with E-state index >= 15 is 0 Å². The van der Waals surface area contributed by atoms with Gasteiger partial charge in [-0.1, -0.05) is 134 Å². The highest BCUT2D eigenvalue weighted by Crippen LogP contribution is 2.35. The number of thiophene rings is 2. The van der Waals surface area contributed by atoms with Crippen LogP contribution in [0.15, 0.2) is 150 Å². The molecule has 0 radical (unpaired) electrons. The monoisotopic (exact) mass is 661 g/mol. The van der Waals surface area contributed by atoms with Gasteiger partial charge in [0, 0.05) is 50.5 Å². The van der Waals surface area contributed by atoms with Crippen molar-refractivity contribution in [3.63, 3.8) is 0 Å². The summed E-state index contributed by atoms with van der Waals surface area (Å²) in [5.41, 5.74) is 8.93. The topological polar surface area (TPSA) is 26.0 Å². The second kappa shape index (κ2) is 15.0. The smallest absolute Gasteiger partial charge is 0.0366 e. The van der Waals surface area contributed by atoms with E-state index < -0.39 is 0 Å². The van der Waals surface area contributed by atoms with E-state index in [9.17, 15) is 0 Å². The van der Waals surface area contributed by atoms with Crippen LogP contribution in [0.5, 0.6) is 0 Å². The molecule has 0 atom stereocenters. The van der Waals surface area contributed by atoms with Gasteiger partial charge in [-0.25, -0.2) is 0 Å². The lowest BCUT2D eigenvalue weighted by atomic mass is 10.0. The van der Waals surface area contributed by atoms with Gasteiger partial charge in [-0.3, -0.25) is 0 Å². The fourth-order valence-corrected chi connectivity index (χ4v) is 7.69. The van der Waals surface area contributed by atoms with Crippen molar-refractivity contribution < 1.29 is 0 Å². The molecule has 0 saturated heterocycles. The third kappa shape index (κ3) is 7.71. The van der Waals surface area contributed by atoms with E-state index in [2.05, 4.69) is 131 Å². The Hall–Kier alpha value is -3.96. The summed E-state index contributed by atoms with van der Waals surface area (Å²) in [6, 6.07) is 50.7. The predicted octanol–water partition coefficient (Wildman–Crippen LogP) is 13.0. The standard InChI is InChI=1S/C19H14S.C12H7BrS.C6H7N.2CH4/c1-2-6-14(7-3-1)12-15-10-11-17-16-8-4-5-9-18(16)20-19(17)13-15;13-8-5-6-10-9-3-1-2-4-11(9)14-12(10)7-8;7-6-4-2-1-3-5-6;;/h1-11,13H,12H2;1-7H;1-5H,7H2;2*1H4. The lowest BCUT2D eigenvalue weighted by Crippen LogP contribution is -1.86. The lowest BCUT2D eigenvalue weighted by Gasteiger charge is -2.02. The number of para-hydroxylation sites is 1. The first-order valence-corrected chi connectivity index (χ1v) is 15.9. The van der Waals surface area contributed by atoms with E-state index in [0.717, 1.165) is 16.6 Å². The second-order valence-electron chi connectivity index (χ2n) is 9.74. The van der Waals surface area contributed by atoms with E-state index in [1.165, 1.54) is 51.5 Å². The molecule has 0 bridgehead atoms. The zero-order chi connectivity index (χ0) is 28.0. The molecule has 0 aliphatic heterocycles. The van der Waals surface area contributed by atoms with Crippen molar-refractivity contribution in [2.75, 3.05) is 5.73 Å². The maximum atomic E-state index is 5.36. The third-order valence-electron chi connectivity index (χ3n) is 6.83. The molecule has 0 saturated carbocycles. The fourth-order valence-electron chi connectivity index (χ4n) is 4.86. The van der Waals surface area contributed by atoms with Crippen molar-refractivity contribution in [3.05, 3.63) is 161 Å². The summed E-state index contributed by atoms with van der Waals surface area (Å²) in [7, 11) is 0. The molecule has 6 aromatic carbocycles. The minimum absolute atomic E-state index is 0. The first-order chi connectivity index (χ1) is 20.1. The summed E-state index contributed by atoms with van der Waals surface area (Å²) in [5.74, 6) is 0. The van der Waals surface area contributed by atoms with E-state index in [1.807, 2.05) is 53.0 Å². The van der Waals surface area contributed by atoms with Gasteiger partial charge in [0.15, 0.2) is 0 Å². The number of halogens is 1. The van der Waals surface area contributed by atoms with Crippen molar-refractivity contribution in [3.8, 4) is 0 Å². The molecular formula is C39H36BrNS2. The second-order valence-corrected chi connectivity index (χ2v) is 12.8. The molecule has 2 heterocycles. The van der Waals surface area contributed by atoms with Gasteiger partial charge in [-0.05, 0) is 60.0 Å². The first-order valence-electron chi connectivity index (χ1n) is 13.5. The molecule has 2 N–H and O–H groups in total. The number of nitrogen functional groups attached to an aromatic ring is 1. The Labute approximate surface area is 271 Å². The Balaban J connectivity index is 0.000000161. The van der Waals surface area contributed by atoms with Crippen LogP contribution in [-0.4, -0.2) is 0 Å². The maximum absolute atomic E-state index is 5.36. The van der Waals surface area contributed by atoms with Crippen LogP contribution in [0.25, 0.3) is 40.3 Å². The number of hydrogen-bond donors (Lipinski definition) is 1. The fraction of sp³-hybridized carbons (Fsp3) is 0.0769. The molecule has 0 aliphatic rings. The van der Waals surface area contributed by atoms with Gasteiger partial charge in [-0.15, -0.1) is 22.7 Å². The minimum Gasteiger partial charge on any atom is -0.399 e. The molecule has 216 valence electrons. The number of fused-ring (bicyclic) bond motifs is 6. The van der Waals surface area contributed by atoms with Gasteiger partial charge in [-0.2, -0.15) is 0 Å². The molecule has 4 heteroatoms. The van der Waals surface area contributed by atoms with E-state index in [1.54, 1.807) is 0 Å². The van der Waals surface area contributed by atoms with Crippen LogP contribution in [0.4, 0.5) is 5.69 Å². The zero-order valence-electron chi connectivity index (χ0n) is 22.3. The molecule has 0 spiro atoms. The van der Waals surface area contributed by atoms with E-state index in [4.69, 9.17) is 5.73 Å². The third-order valence-corrected chi connectivity index (χ3v) is 9.60. The minimum atomic E-state index is 0. The summed E-state index contributed by atoms with van der Waals surface area (Å²) in [6.45, 7) is 0. The number of rotatable bonds is 2. The quantitative estimate of drug-likeness (QED) is 0.183. The largest absolute Gasteiger partial charge is 0.399 e. The Bertz CT molecular complexity index is 2040. The lowest BCUT2D eigenvalue weighted by molar-refractivity contribution is 1.20. The van der Waals surface area contributed by atoms with Crippen molar-refractivity contribution in [1.29, 1.82) is 0 Å². The molecular weight excluding hydrogens is 626 g/mol. The number of anilines is 1. The Morgan fingerprint density at radius 1 is 0.442 bits per heavy atom. The molecule has 8 rings (SSSR count). The van der Waals surface area contributed by atoms with Crippen molar-refractivity contribution in [1.82, 2.24) is 0 Å². The number of hydrogen-bond acceptors (Lipinski definition) is 3.